The van der Waals surface area contributed by atoms with Crippen LogP contribution < -0.4 is 15.8 Å². The maximum absolute atomic E-state index is 12.7. The minimum absolute atomic E-state index is 0.310. The van der Waals surface area contributed by atoms with Gasteiger partial charge in [-0.2, -0.15) is 0 Å². The van der Waals surface area contributed by atoms with E-state index in [1.54, 1.807) is 6.07 Å². The molecule has 0 fully saturated rings. The van der Waals surface area contributed by atoms with Crippen LogP contribution in [0.5, 0.6) is 5.75 Å². The lowest BCUT2D eigenvalue weighted by Crippen LogP contribution is -2.13. The number of ether oxygens (including phenoxy) is 1. The molecule has 4 heteroatoms. The van der Waals surface area contributed by atoms with E-state index in [4.69, 9.17) is 10.5 Å². The third kappa shape index (κ3) is 4.65. The zero-order valence-electron chi connectivity index (χ0n) is 9.51. The summed E-state index contributed by atoms with van der Waals surface area (Å²) in [4.78, 5) is 0. The van der Waals surface area contributed by atoms with E-state index in [-0.39, 0.29) is 5.82 Å². The molecule has 1 aromatic rings. The van der Waals surface area contributed by atoms with Gasteiger partial charge in [-0.15, -0.1) is 0 Å². The van der Waals surface area contributed by atoms with Crippen molar-refractivity contribution >= 4 is 5.69 Å². The summed E-state index contributed by atoms with van der Waals surface area (Å²) in [6.07, 6.45) is 0. The van der Waals surface area contributed by atoms with Crippen molar-refractivity contribution in [2.75, 3.05) is 25.5 Å². The van der Waals surface area contributed by atoms with Crippen LogP contribution in [-0.2, 0) is 0 Å². The number of hydrogen-bond donors (Lipinski definition) is 2. The molecule has 0 bridgehead atoms. The number of anilines is 1. The zero-order valence-corrected chi connectivity index (χ0v) is 9.51. The Bertz CT molecular complexity index is 279. The third-order valence-corrected chi connectivity index (χ3v) is 1.62. The first kappa shape index (κ1) is 13.7. The van der Waals surface area contributed by atoms with Gasteiger partial charge in [0.15, 0.2) is 0 Å². The van der Waals surface area contributed by atoms with Crippen LogP contribution in [0.15, 0.2) is 18.2 Å². The molecule has 0 unspecified atom stereocenters. The van der Waals surface area contributed by atoms with Crippen molar-refractivity contribution in [1.29, 1.82) is 0 Å². The van der Waals surface area contributed by atoms with Crippen molar-refractivity contribution in [2.45, 2.75) is 13.8 Å². The highest BCUT2D eigenvalue weighted by Crippen LogP contribution is 2.24. The summed E-state index contributed by atoms with van der Waals surface area (Å²) in [5, 5.41) is 3.02. The van der Waals surface area contributed by atoms with Crippen LogP contribution >= 0.6 is 0 Å². The smallest absolute Gasteiger partial charge is 0.144 e. The van der Waals surface area contributed by atoms with E-state index in [1.165, 1.54) is 19.2 Å². The van der Waals surface area contributed by atoms with Gasteiger partial charge >= 0.3 is 0 Å². The fourth-order valence-corrected chi connectivity index (χ4v) is 1.02. The highest BCUT2D eigenvalue weighted by atomic mass is 19.1. The largest absolute Gasteiger partial charge is 0.494 e. The summed E-state index contributed by atoms with van der Waals surface area (Å²) in [5.41, 5.74) is 6.08. The molecule has 0 amide bonds. The molecule has 0 saturated carbocycles. The van der Waals surface area contributed by atoms with Crippen LogP contribution in [0.2, 0.25) is 0 Å². The number of nitrogens with two attached hydrogens (primary N) is 1. The van der Waals surface area contributed by atoms with Crippen LogP contribution in [0.25, 0.3) is 0 Å². The van der Waals surface area contributed by atoms with Gasteiger partial charge < -0.3 is 15.8 Å². The number of methoxy groups -OCH3 is 1. The van der Waals surface area contributed by atoms with Gasteiger partial charge in [0.2, 0.25) is 0 Å². The molecule has 86 valence electrons. The molecule has 1 rings (SSSR count). The first-order chi connectivity index (χ1) is 7.27. The molecule has 0 saturated heterocycles. The van der Waals surface area contributed by atoms with Crippen molar-refractivity contribution in [1.82, 2.24) is 0 Å². The number of hydrogen-bond acceptors (Lipinski definition) is 3. The maximum atomic E-state index is 12.7. The van der Waals surface area contributed by atoms with E-state index in [2.05, 4.69) is 5.32 Å². The van der Waals surface area contributed by atoms with Crippen molar-refractivity contribution in [2.24, 2.45) is 5.73 Å². The molecule has 1 aromatic carbocycles. The van der Waals surface area contributed by atoms with Crippen molar-refractivity contribution in [3.63, 3.8) is 0 Å². The van der Waals surface area contributed by atoms with E-state index in [9.17, 15) is 4.39 Å². The zero-order chi connectivity index (χ0) is 11.7. The quantitative estimate of drug-likeness (QED) is 0.808. The van der Waals surface area contributed by atoms with Crippen molar-refractivity contribution in [3.05, 3.63) is 24.0 Å². The van der Waals surface area contributed by atoms with Gasteiger partial charge in [-0.25, -0.2) is 4.39 Å². The molecule has 3 nitrogen and oxygen atoms in total. The summed E-state index contributed by atoms with van der Waals surface area (Å²) in [7, 11) is 1.50. The summed E-state index contributed by atoms with van der Waals surface area (Å²) in [6.45, 7) is 5.17. The number of nitrogens with one attached hydrogen (secondary N) is 1. The predicted octanol–water partition coefficient (Wildman–Crippen LogP) is 2.23. The van der Waals surface area contributed by atoms with Gasteiger partial charge in [0.25, 0.3) is 0 Å². The van der Waals surface area contributed by atoms with Crippen molar-refractivity contribution < 1.29 is 9.13 Å². The van der Waals surface area contributed by atoms with Gasteiger partial charge in [-0.3, -0.25) is 0 Å². The first-order valence-corrected chi connectivity index (χ1v) is 5.05. The second-order valence-corrected chi connectivity index (χ2v) is 2.56. The lowest BCUT2D eigenvalue weighted by atomic mass is 10.3. The average Bonchev–Trinajstić information content (AvgIpc) is 2.30. The third-order valence-electron chi connectivity index (χ3n) is 1.62. The van der Waals surface area contributed by atoms with Crippen LogP contribution in [0.4, 0.5) is 10.1 Å². The first-order valence-electron chi connectivity index (χ1n) is 5.05. The fourth-order valence-electron chi connectivity index (χ4n) is 1.02. The summed E-state index contributed by atoms with van der Waals surface area (Å²) >= 11 is 0. The van der Waals surface area contributed by atoms with E-state index in [1.807, 2.05) is 13.8 Å². The van der Waals surface area contributed by atoms with Gasteiger partial charge in [0.05, 0.1) is 12.8 Å². The monoisotopic (exact) mass is 214 g/mol. The Balaban J connectivity index is 0.000000921. The molecule has 3 N–H and O–H groups in total. The molecule has 0 aliphatic heterocycles. The standard InChI is InChI=1S/C9H13FN2O.C2H6/c1-13-9-6-7(10)2-3-8(9)12-5-4-11;1-2/h2-3,6,12H,4-5,11H2,1H3;1-2H3. The topological polar surface area (TPSA) is 47.3 Å². The minimum atomic E-state index is -0.310. The highest BCUT2D eigenvalue weighted by Gasteiger charge is 2.02. The Kier molecular flexibility index (Phi) is 7.36. The molecule has 0 spiro atoms. The minimum Gasteiger partial charge on any atom is -0.494 e. The Morgan fingerprint density at radius 2 is 2.07 bits per heavy atom. The van der Waals surface area contributed by atoms with E-state index in [0.29, 0.717) is 18.8 Å². The van der Waals surface area contributed by atoms with Gasteiger partial charge in [-0.05, 0) is 12.1 Å². The Labute approximate surface area is 90.4 Å². The van der Waals surface area contributed by atoms with E-state index < -0.39 is 0 Å². The van der Waals surface area contributed by atoms with E-state index in [0.717, 1.165) is 5.69 Å². The molecular weight excluding hydrogens is 195 g/mol. The normalized spacial score (nSPS) is 8.87. The van der Waals surface area contributed by atoms with Crippen LogP contribution in [-0.4, -0.2) is 20.2 Å². The van der Waals surface area contributed by atoms with E-state index >= 15 is 0 Å². The summed E-state index contributed by atoms with van der Waals surface area (Å²) in [6, 6.07) is 4.34. The highest BCUT2D eigenvalue weighted by molar-refractivity contribution is 5.56. The summed E-state index contributed by atoms with van der Waals surface area (Å²) in [5.74, 6) is 0.184. The number of benzene rings is 1. The lowest BCUT2D eigenvalue weighted by Gasteiger charge is -2.09. The second-order valence-electron chi connectivity index (χ2n) is 2.56. The van der Waals surface area contributed by atoms with Gasteiger partial charge in [0.1, 0.15) is 11.6 Å². The predicted molar refractivity (Wildman–Crippen MR) is 61.8 cm³/mol. The molecule has 0 radical (unpaired) electrons. The van der Waals surface area contributed by atoms with Crippen LogP contribution in [0.1, 0.15) is 13.8 Å². The Morgan fingerprint density at radius 3 is 2.60 bits per heavy atom. The molecular formula is C11H19FN2O. The van der Waals surface area contributed by atoms with Crippen LogP contribution in [0.3, 0.4) is 0 Å². The Hall–Kier alpha value is -1.29. The molecule has 0 heterocycles. The van der Waals surface area contributed by atoms with Gasteiger partial charge in [0, 0.05) is 19.2 Å². The SMILES string of the molecule is CC.COc1cc(F)ccc1NCCN. The molecule has 0 aliphatic rings. The number of rotatable bonds is 4. The fraction of sp³-hybridized carbons (Fsp3) is 0.455. The molecule has 0 atom stereocenters. The maximum Gasteiger partial charge on any atom is 0.144 e. The Morgan fingerprint density at radius 1 is 1.40 bits per heavy atom. The number of halogens is 1. The second kappa shape index (κ2) is 8.05. The molecule has 15 heavy (non-hydrogen) atoms. The van der Waals surface area contributed by atoms with Gasteiger partial charge in [-0.1, -0.05) is 13.8 Å². The van der Waals surface area contributed by atoms with Crippen LogP contribution in [0, 0.1) is 5.82 Å². The lowest BCUT2D eigenvalue weighted by molar-refractivity contribution is 0.413. The average molecular weight is 214 g/mol. The van der Waals surface area contributed by atoms with Crippen molar-refractivity contribution in [3.8, 4) is 5.75 Å². The summed E-state index contributed by atoms with van der Waals surface area (Å²) < 4.78 is 17.7. The molecule has 0 aliphatic carbocycles. The molecule has 0 aromatic heterocycles.